The molecule has 7 nitrogen and oxygen atoms in total. The average Bonchev–Trinajstić information content (AvgIpc) is 3.29. The molecule has 0 saturated carbocycles. The van der Waals surface area contributed by atoms with Gasteiger partial charge in [-0.25, -0.2) is 0 Å². The molecule has 4 aromatic rings. The maximum atomic E-state index is 5.77. The Kier molecular flexibility index (Phi) is 6.84. The van der Waals surface area contributed by atoms with Gasteiger partial charge in [0.2, 0.25) is 5.88 Å². The highest BCUT2D eigenvalue weighted by atomic mass is 16.7. The van der Waals surface area contributed by atoms with Gasteiger partial charge in [-0.1, -0.05) is 91.0 Å². The van der Waals surface area contributed by atoms with Crippen molar-refractivity contribution in [3.8, 4) is 5.88 Å². The Labute approximate surface area is 210 Å². The van der Waals surface area contributed by atoms with Crippen LogP contribution >= 0.6 is 0 Å². The van der Waals surface area contributed by atoms with Gasteiger partial charge in [0.1, 0.15) is 12.7 Å². The van der Waals surface area contributed by atoms with E-state index in [1.54, 1.807) is 12.1 Å². The lowest BCUT2D eigenvalue weighted by atomic mass is 9.78. The second-order valence-electron chi connectivity index (χ2n) is 9.00. The van der Waals surface area contributed by atoms with Crippen molar-refractivity contribution >= 4 is 5.82 Å². The van der Waals surface area contributed by atoms with Crippen LogP contribution in [0, 0.1) is 0 Å². The molecule has 5 rings (SSSR count). The van der Waals surface area contributed by atoms with Crippen LogP contribution in [0.5, 0.6) is 5.88 Å². The Morgan fingerprint density at radius 1 is 0.806 bits per heavy atom. The van der Waals surface area contributed by atoms with E-state index in [1.165, 1.54) is 0 Å². The number of benzene rings is 3. The zero-order valence-electron chi connectivity index (χ0n) is 20.3. The van der Waals surface area contributed by atoms with Crippen molar-refractivity contribution in [3.63, 3.8) is 0 Å². The lowest BCUT2D eigenvalue weighted by Crippen LogP contribution is -2.26. The van der Waals surface area contributed by atoms with Gasteiger partial charge in [0.05, 0.1) is 6.61 Å². The van der Waals surface area contributed by atoms with Gasteiger partial charge in [-0.3, -0.25) is 0 Å². The second kappa shape index (κ2) is 10.4. The molecule has 1 atom stereocenters. The largest absolute Gasteiger partial charge is 0.474 e. The third-order valence-electron chi connectivity index (χ3n) is 5.99. The molecular weight excluding hydrogens is 452 g/mol. The maximum Gasteiger partial charge on any atom is 0.233 e. The van der Waals surface area contributed by atoms with Crippen LogP contribution in [0.2, 0.25) is 0 Å². The molecule has 182 valence electrons. The summed E-state index contributed by atoms with van der Waals surface area (Å²) in [5.74, 6) is 0.186. The summed E-state index contributed by atoms with van der Waals surface area (Å²) in [7, 11) is 0. The fraction of sp³-hybridized carbons (Fsp3) is 0.241. The van der Waals surface area contributed by atoms with Crippen molar-refractivity contribution in [2.45, 2.75) is 31.3 Å². The lowest BCUT2D eigenvalue weighted by Gasteiger charge is -2.30. The van der Waals surface area contributed by atoms with Crippen LogP contribution in [-0.4, -0.2) is 35.3 Å². The summed E-state index contributed by atoms with van der Waals surface area (Å²) >= 11 is 0. The molecule has 0 bridgehead atoms. The van der Waals surface area contributed by atoms with Gasteiger partial charge >= 0.3 is 0 Å². The summed E-state index contributed by atoms with van der Waals surface area (Å²) in [6.45, 7) is 4.57. The Hall–Kier alpha value is -3.94. The van der Waals surface area contributed by atoms with E-state index in [2.05, 4.69) is 51.7 Å². The quantitative estimate of drug-likeness (QED) is 0.225. The highest BCUT2D eigenvalue weighted by Gasteiger charge is 2.37. The van der Waals surface area contributed by atoms with Crippen LogP contribution < -0.4 is 4.74 Å². The molecular formula is C29H28N4O3. The molecule has 1 fully saturated rings. The molecule has 2 heterocycles. The Morgan fingerprint density at radius 2 is 1.36 bits per heavy atom. The van der Waals surface area contributed by atoms with Crippen molar-refractivity contribution in [3.05, 3.63) is 120 Å². The molecule has 1 aliphatic rings. The van der Waals surface area contributed by atoms with Gasteiger partial charge in [0.15, 0.2) is 17.1 Å². The minimum absolute atomic E-state index is 0.149. The van der Waals surface area contributed by atoms with Crippen LogP contribution in [0.1, 0.15) is 30.5 Å². The molecule has 0 amide bonds. The maximum absolute atomic E-state index is 5.77. The third kappa shape index (κ3) is 5.17. The monoisotopic (exact) mass is 480 g/mol. The van der Waals surface area contributed by atoms with Crippen molar-refractivity contribution in [2.75, 3.05) is 13.2 Å². The minimum Gasteiger partial charge on any atom is -0.474 e. The summed E-state index contributed by atoms with van der Waals surface area (Å²) in [5, 5.41) is 17.9. The SMILES string of the molecule is CC1(C)OCC(COc2ccc(N=NC(c3ccccc3)(c3ccccc3)c3ccccc3)nn2)O1. The molecule has 1 unspecified atom stereocenters. The van der Waals surface area contributed by atoms with E-state index in [0.29, 0.717) is 24.9 Å². The van der Waals surface area contributed by atoms with E-state index in [1.807, 2.05) is 68.4 Å². The first-order valence-corrected chi connectivity index (χ1v) is 11.9. The molecule has 1 aromatic heterocycles. The zero-order valence-corrected chi connectivity index (χ0v) is 20.3. The summed E-state index contributed by atoms with van der Waals surface area (Å²) in [4.78, 5) is 0. The second-order valence-corrected chi connectivity index (χ2v) is 9.00. The predicted molar refractivity (Wildman–Crippen MR) is 136 cm³/mol. The summed E-state index contributed by atoms with van der Waals surface area (Å²) in [6, 6.07) is 33.9. The van der Waals surface area contributed by atoms with Gasteiger partial charge in [-0.05, 0) is 36.6 Å². The average molecular weight is 481 g/mol. The molecule has 0 aliphatic carbocycles. The number of aromatic nitrogens is 2. The smallest absolute Gasteiger partial charge is 0.233 e. The first-order valence-electron chi connectivity index (χ1n) is 11.9. The number of ether oxygens (including phenoxy) is 3. The van der Waals surface area contributed by atoms with Crippen LogP contribution in [0.4, 0.5) is 5.82 Å². The number of rotatable bonds is 8. The van der Waals surface area contributed by atoms with Crippen LogP contribution in [0.25, 0.3) is 0 Å². The normalized spacial score (nSPS) is 17.3. The van der Waals surface area contributed by atoms with Crippen molar-refractivity contribution in [1.29, 1.82) is 0 Å². The van der Waals surface area contributed by atoms with Gasteiger partial charge in [0.25, 0.3) is 0 Å². The first-order chi connectivity index (χ1) is 17.6. The van der Waals surface area contributed by atoms with Crippen molar-refractivity contribution in [2.24, 2.45) is 10.2 Å². The van der Waals surface area contributed by atoms with Crippen LogP contribution in [0.3, 0.4) is 0 Å². The molecule has 0 N–H and O–H groups in total. The lowest BCUT2D eigenvalue weighted by molar-refractivity contribution is -0.141. The van der Waals surface area contributed by atoms with E-state index < -0.39 is 11.3 Å². The van der Waals surface area contributed by atoms with E-state index in [4.69, 9.17) is 19.3 Å². The highest BCUT2D eigenvalue weighted by Crippen LogP contribution is 2.41. The topological polar surface area (TPSA) is 78.2 Å². The van der Waals surface area contributed by atoms with E-state index in [0.717, 1.165) is 16.7 Å². The Bertz CT molecular complexity index is 1180. The molecule has 3 aromatic carbocycles. The van der Waals surface area contributed by atoms with Gasteiger partial charge < -0.3 is 14.2 Å². The summed E-state index contributed by atoms with van der Waals surface area (Å²) in [5.41, 5.74) is 2.15. The van der Waals surface area contributed by atoms with Crippen LogP contribution in [0.15, 0.2) is 113 Å². The standard InChI is InChI=1S/C29H28N4O3/c1-28(2)35-21-25(36-28)20-34-27-19-18-26(30-32-27)31-33-29(22-12-6-3-7-13-22,23-14-8-4-9-15-23)24-16-10-5-11-17-24/h3-19,25H,20-21H2,1-2H3. The highest BCUT2D eigenvalue weighted by molar-refractivity contribution is 5.49. The van der Waals surface area contributed by atoms with E-state index in [-0.39, 0.29) is 6.10 Å². The fourth-order valence-electron chi connectivity index (χ4n) is 4.30. The molecule has 1 saturated heterocycles. The molecule has 0 radical (unpaired) electrons. The Balaban J connectivity index is 1.44. The fourth-order valence-corrected chi connectivity index (χ4v) is 4.30. The van der Waals surface area contributed by atoms with Gasteiger partial charge in [-0.15, -0.1) is 15.3 Å². The first kappa shape index (κ1) is 23.8. The van der Waals surface area contributed by atoms with Crippen molar-refractivity contribution in [1.82, 2.24) is 10.2 Å². The number of hydrogen-bond donors (Lipinski definition) is 0. The molecule has 1 aliphatic heterocycles. The summed E-state index contributed by atoms with van der Waals surface area (Å²) in [6.07, 6.45) is -0.149. The zero-order chi connectivity index (χ0) is 24.8. The molecule has 7 heteroatoms. The van der Waals surface area contributed by atoms with Crippen LogP contribution in [-0.2, 0) is 15.0 Å². The Morgan fingerprint density at radius 3 is 1.81 bits per heavy atom. The molecule has 0 spiro atoms. The number of azo groups is 1. The third-order valence-corrected chi connectivity index (χ3v) is 5.99. The summed E-state index contributed by atoms with van der Waals surface area (Å²) < 4.78 is 17.1. The minimum atomic E-state index is -0.854. The van der Waals surface area contributed by atoms with E-state index >= 15 is 0 Å². The van der Waals surface area contributed by atoms with Gasteiger partial charge in [0, 0.05) is 6.07 Å². The number of hydrogen-bond acceptors (Lipinski definition) is 7. The van der Waals surface area contributed by atoms with Crippen molar-refractivity contribution < 1.29 is 14.2 Å². The number of nitrogens with zero attached hydrogens (tertiary/aromatic N) is 4. The van der Waals surface area contributed by atoms with E-state index in [9.17, 15) is 0 Å². The van der Waals surface area contributed by atoms with Gasteiger partial charge in [-0.2, -0.15) is 5.11 Å². The molecule has 36 heavy (non-hydrogen) atoms. The predicted octanol–water partition coefficient (Wildman–Crippen LogP) is 6.08.